The molecule has 0 radical (unpaired) electrons. The van der Waals surface area contributed by atoms with Crippen LogP contribution in [0.1, 0.15) is 15.9 Å². The Morgan fingerprint density at radius 3 is 2.37 bits per heavy atom. The van der Waals surface area contributed by atoms with Gasteiger partial charge in [-0.2, -0.15) is 0 Å². The monoisotopic (exact) mass is 274 g/mol. The molecule has 3 nitrogen and oxygen atoms in total. The van der Waals surface area contributed by atoms with E-state index in [1.165, 1.54) is 0 Å². The number of nitrogen functional groups attached to an aromatic ring is 1. The van der Waals surface area contributed by atoms with E-state index >= 15 is 0 Å². The van der Waals surface area contributed by atoms with Crippen molar-refractivity contribution in [2.45, 2.75) is 6.92 Å². The summed E-state index contributed by atoms with van der Waals surface area (Å²) in [6.07, 6.45) is 0. The van der Waals surface area contributed by atoms with Gasteiger partial charge in [0.15, 0.2) is 0 Å². The summed E-state index contributed by atoms with van der Waals surface area (Å²) in [4.78, 5) is 13.9. The molecule has 0 fully saturated rings. The van der Waals surface area contributed by atoms with Gasteiger partial charge in [-0.25, -0.2) is 0 Å². The Morgan fingerprint density at radius 1 is 1.16 bits per heavy atom. The van der Waals surface area contributed by atoms with Crippen molar-refractivity contribution >= 4 is 28.9 Å². The van der Waals surface area contributed by atoms with Crippen molar-refractivity contribution in [3.05, 3.63) is 58.6 Å². The van der Waals surface area contributed by atoms with Crippen molar-refractivity contribution in [2.75, 3.05) is 17.7 Å². The van der Waals surface area contributed by atoms with Crippen LogP contribution < -0.4 is 10.6 Å². The Morgan fingerprint density at radius 2 is 1.79 bits per heavy atom. The molecule has 0 unspecified atom stereocenters. The minimum absolute atomic E-state index is 0.118. The molecule has 2 rings (SSSR count). The van der Waals surface area contributed by atoms with Gasteiger partial charge in [-0.05, 0) is 37.3 Å². The highest BCUT2D eigenvalue weighted by Gasteiger charge is 2.14. The third-order valence-electron chi connectivity index (χ3n) is 2.97. The summed E-state index contributed by atoms with van der Waals surface area (Å²) in [6.45, 7) is 2.01. The number of hydrogen-bond donors (Lipinski definition) is 1. The predicted octanol–water partition coefficient (Wildman–Crippen LogP) is 3.51. The Bertz CT molecular complexity index is 608. The minimum atomic E-state index is -0.118. The van der Waals surface area contributed by atoms with Gasteiger partial charge >= 0.3 is 0 Å². The molecule has 98 valence electrons. The number of carbonyl (C=O) groups excluding carboxylic acids is 1. The molecule has 0 bridgehead atoms. The lowest BCUT2D eigenvalue weighted by molar-refractivity contribution is 0.0993. The van der Waals surface area contributed by atoms with Gasteiger partial charge in [-0.3, -0.25) is 4.79 Å². The Balaban J connectivity index is 2.28. The summed E-state index contributed by atoms with van der Waals surface area (Å²) in [7, 11) is 1.73. The average molecular weight is 275 g/mol. The van der Waals surface area contributed by atoms with Gasteiger partial charge in [0.2, 0.25) is 0 Å². The smallest absolute Gasteiger partial charge is 0.258 e. The lowest BCUT2D eigenvalue weighted by atomic mass is 10.1. The topological polar surface area (TPSA) is 46.3 Å². The molecule has 0 atom stereocenters. The Kier molecular flexibility index (Phi) is 3.76. The van der Waals surface area contributed by atoms with Crippen LogP contribution in [0.3, 0.4) is 0 Å². The largest absolute Gasteiger partial charge is 0.398 e. The summed E-state index contributed by atoms with van der Waals surface area (Å²) in [5.41, 5.74) is 8.63. The number of nitrogens with zero attached hydrogens (tertiary/aromatic N) is 1. The molecule has 0 aliphatic heterocycles. The molecule has 4 heteroatoms. The van der Waals surface area contributed by atoms with Gasteiger partial charge in [0.25, 0.3) is 5.91 Å². The van der Waals surface area contributed by atoms with Crippen molar-refractivity contribution in [2.24, 2.45) is 0 Å². The number of carbonyl (C=O) groups is 1. The van der Waals surface area contributed by atoms with E-state index in [4.69, 9.17) is 17.3 Å². The van der Waals surface area contributed by atoms with E-state index < -0.39 is 0 Å². The number of anilines is 2. The van der Waals surface area contributed by atoms with Crippen LogP contribution in [0.25, 0.3) is 0 Å². The summed E-state index contributed by atoms with van der Waals surface area (Å²) in [5, 5.41) is 0.453. The lowest BCUT2D eigenvalue weighted by Crippen LogP contribution is -2.26. The van der Waals surface area contributed by atoms with E-state index in [0.717, 1.165) is 11.3 Å². The summed E-state index contributed by atoms with van der Waals surface area (Å²) in [5.74, 6) is -0.118. The highest BCUT2D eigenvalue weighted by atomic mass is 35.5. The number of nitrogens with two attached hydrogens (primary N) is 1. The van der Waals surface area contributed by atoms with Crippen molar-refractivity contribution in [1.29, 1.82) is 0 Å². The van der Waals surface area contributed by atoms with Gasteiger partial charge in [0.1, 0.15) is 0 Å². The number of rotatable bonds is 2. The molecule has 2 N–H and O–H groups in total. The third kappa shape index (κ3) is 2.88. The quantitative estimate of drug-likeness (QED) is 0.852. The summed E-state index contributed by atoms with van der Waals surface area (Å²) in [6, 6.07) is 12.7. The van der Waals surface area contributed by atoms with Crippen molar-refractivity contribution < 1.29 is 4.79 Å². The first-order chi connectivity index (χ1) is 8.99. The zero-order valence-corrected chi connectivity index (χ0v) is 11.6. The molecular formula is C15H15ClN2O. The van der Waals surface area contributed by atoms with Crippen LogP contribution in [0.15, 0.2) is 42.5 Å². The SMILES string of the molecule is Cc1ccc(N(C)C(=O)c2ccc(Cl)c(N)c2)cc1. The van der Waals surface area contributed by atoms with E-state index in [1.54, 1.807) is 30.1 Å². The second kappa shape index (κ2) is 5.33. The fraction of sp³-hybridized carbons (Fsp3) is 0.133. The summed E-state index contributed by atoms with van der Waals surface area (Å²) >= 11 is 5.85. The second-order valence-corrected chi connectivity index (χ2v) is 4.84. The molecule has 0 aromatic heterocycles. The van der Waals surface area contributed by atoms with E-state index in [2.05, 4.69) is 0 Å². The predicted molar refractivity (Wildman–Crippen MR) is 79.8 cm³/mol. The van der Waals surface area contributed by atoms with Gasteiger partial charge in [-0.1, -0.05) is 29.3 Å². The molecule has 1 amide bonds. The standard InChI is InChI=1S/C15H15ClN2O/c1-10-3-6-12(7-4-10)18(2)15(19)11-5-8-13(16)14(17)9-11/h3-9H,17H2,1-2H3. The van der Waals surface area contributed by atoms with Gasteiger partial charge in [0, 0.05) is 18.3 Å². The third-order valence-corrected chi connectivity index (χ3v) is 3.31. The first kappa shape index (κ1) is 13.4. The Hall–Kier alpha value is -2.00. The van der Waals surface area contributed by atoms with Crippen molar-refractivity contribution in [3.63, 3.8) is 0 Å². The van der Waals surface area contributed by atoms with E-state index in [-0.39, 0.29) is 5.91 Å². The number of amides is 1. The van der Waals surface area contributed by atoms with Crippen LogP contribution in [0.4, 0.5) is 11.4 Å². The molecular weight excluding hydrogens is 260 g/mol. The normalized spacial score (nSPS) is 10.3. The zero-order valence-electron chi connectivity index (χ0n) is 10.9. The molecule has 0 saturated carbocycles. The first-order valence-corrected chi connectivity index (χ1v) is 6.26. The van der Waals surface area contributed by atoms with Crippen molar-refractivity contribution in [1.82, 2.24) is 0 Å². The van der Waals surface area contributed by atoms with Crippen LogP contribution in [0.5, 0.6) is 0 Å². The van der Waals surface area contributed by atoms with Crippen LogP contribution in [0, 0.1) is 6.92 Å². The average Bonchev–Trinajstić information content (AvgIpc) is 2.41. The maximum absolute atomic E-state index is 12.3. The minimum Gasteiger partial charge on any atom is -0.398 e. The van der Waals surface area contributed by atoms with Gasteiger partial charge in [0.05, 0.1) is 10.7 Å². The molecule has 2 aromatic carbocycles. The highest BCUT2D eigenvalue weighted by Crippen LogP contribution is 2.22. The number of aryl methyl sites for hydroxylation is 1. The zero-order chi connectivity index (χ0) is 14.0. The molecule has 2 aromatic rings. The van der Waals surface area contributed by atoms with E-state index in [1.807, 2.05) is 31.2 Å². The van der Waals surface area contributed by atoms with Crippen LogP contribution in [0.2, 0.25) is 5.02 Å². The van der Waals surface area contributed by atoms with E-state index in [0.29, 0.717) is 16.3 Å². The Labute approximate surface area is 117 Å². The number of halogens is 1. The molecule has 0 aliphatic carbocycles. The molecule has 0 spiro atoms. The summed E-state index contributed by atoms with van der Waals surface area (Å²) < 4.78 is 0. The van der Waals surface area contributed by atoms with Gasteiger partial charge in [-0.15, -0.1) is 0 Å². The fourth-order valence-corrected chi connectivity index (χ4v) is 1.87. The van der Waals surface area contributed by atoms with Gasteiger partial charge < -0.3 is 10.6 Å². The molecule has 0 heterocycles. The molecule has 0 saturated heterocycles. The van der Waals surface area contributed by atoms with E-state index in [9.17, 15) is 4.79 Å². The van der Waals surface area contributed by atoms with Crippen LogP contribution in [-0.2, 0) is 0 Å². The van der Waals surface area contributed by atoms with Crippen LogP contribution >= 0.6 is 11.6 Å². The highest BCUT2D eigenvalue weighted by molar-refractivity contribution is 6.33. The first-order valence-electron chi connectivity index (χ1n) is 5.89. The number of hydrogen-bond acceptors (Lipinski definition) is 2. The maximum atomic E-state index is 12.3. The van der Waals surface area contributed by atoms with Crippen molar-refractivity contribution in [3.8, 4) is 0 Å². The van der Waals surface area contributed by atoms with Crippen LogP contribution in [-0.4, -0.2) is 13.0 Å². The number of benzene rings is 2. The second-order valence-electron chi connectivity index (χ2n) is 4.44. The maximum Gasteiger partial charge on any atom is 0.258 e. The fourth-order valence-electron chi connectivity index (χ4n) is 1.76. The lowest BCUT2D eigenvalue weighted by Gasteiger charge is -2.18. The molecule has 0 aliphatic rings. The molecule has 19 heavy (non-hydrogen) atoms.